The van der Waals surface area contributed by atoms with Crippen LogP contribution in [0.1, 0.15) is 45.1 Å². The van der Waals surface area contributed by atoms with Crippen LogP contribution in [0.5, 0.6) is 5.75 Å². The molecule has 0 unspecified atom stereocenters. The van der Waals surface area contributed by atoms with Gasteiger partial charge in [-0.25, -0.2) is 4.79 Å². The molecule has 0 radical (unpaired) electrons. The van der Waals surface area contributed by atoms with Gasteiger partial charge in [-0.2, -0.15) is 18.3 Å². The van der Waals surface area contributed by atoms with Crippen LogP contribution in [0.25, 0.3) is 11.3 Å². The highest BCUT2D eigenvalue weighted by molar-refractivity contribution is 6.36. The lowest BCUT2D eigenvalue weighted by Crippen LogP contribution is -2.33. The normalized spacial score (nSPS) is 12.7. The minimum absolute atomic E-state index is 0.0289. The third-order valence-electron chi connectivity index (χ3n) is 4.14. The SMILES string of the molecule is CCOC(=O)c1nn(CC)c(-c2ccc(N[C@H](C)C(F)(F)F)cc2OC(C)C)c1Cl. The van der Waals surface area contributed by atoms with Gasteiger partial charge in [0, 0.05) is 23.9 Å². The summed E-state index contributed by atoms with van der Waals surface area (Å²) >= 11 is 6.46. The molecule has 0 amide bonds. The molecule has 1 heterocycles. The summed E-state index contributed by atoms with van der Waals surface area (Å²) in [6.45, 7) is 8.70. The quantitative estimate of drug-likeness (QED) is 0.537. The molecule has 0 aliphatic rings. The second-order valence-corrected chi connectivity index (χ2v) is 7.21. The zero-order valence-corrected chi connectivity index (χ0v) is 18.2. The minimum atomic E-state index is -4.39. The van der Waals surface area contributed by atoms with Gasteiger partial charge in [-0.1, -0.05) is 11.6 Å². The van der Waals surface area contributed by atoms with E-state index >= 15 is 0 Å². The number of alkyl halides is 3. The average molecular weight is 448 g/mol. The maximum Gasteiger partial charge on any atom is 0.408 e. The number of halogens is 4. The maximum absolute atomic E-state index is 12.9. The van der Waals surface area contributed by atoms with Crippen LogP contribution in [0.15, 0.2) is 18.2 Å². The van der Waals surface area contributed by atoms with Gasteiger partial charge in [0.05, 0.1) is 18.4 Å². The Hall–Kier alpha value is -2.42. The summed E-state index contributed by atoms with van der Waals surface area (Å²) < 4.78 is 51.1. The predicted octanol–water partition coefficient (Wildman–Crippen LogP) is 5.55. The van der Waals surface area contributed by atoms with E-state index in [0.717, 1.165) is 6.92 Å². The molecule has 0 saturated heterocycles. The van der Waals surface area contributed by atoms with Gasteiger partial charge in [0.1, 0.15) is 16.8 Å². The van der Waals surface area contributed by atoms with Crippen molar-refractivity contribution in [1.29, 1.82) is 0 Å². The van der Waals surface area contributed by atoms with E-state index in [1.807, 2.05) is 6.92 Å². The Balaban J connectivity index is 2.56. The number of nitrogens with zero attached hydrogens (tertiary/aromatic N) is 2. The molecular weight excluding hydrogens is 423 g/mol. The predicted molar refractivity (Wildman–Crippen MR) is 109 cm³/mol. The van der Waals surface area contributed by atoms with Crippen molar-refractivity contribution in [3.8, 4) is 17.0 Å². The Morgan fingerprint density at radius 3 is 2.47 bits per heavy atom. The second kappa shape index (κ2) is 9.59. The lowest BCUT2D eigenvalue weighted by Gasteiger charge is -2.21. The molecule has 0 bridgehead atoms. The van der Waals surface area contributed by atoms with Crippen molar-refractivity contribution in [2.45, 2.75) is 59.5 Å². The third kappa shape index (κ3) is 5.38. The topological polar surface area (TPSA) is 65.4 Å². The lowest BCUT2D eigenvalue weighted by atomic mass is 10.1. The fourth-order valence-corrected chi connectivity index (χ4v) is 3.06. The molecule has 0 fully saturated rings. The Morgan fingerprint density at radius 2 is 1.93 bits per heavy atom. The van der Waals surface area contributed by atoms with E-state index in [-0.39, 0.29) is 29.1 Å². The molecule has 6 nitrogen and oxygen atoms in total. The van der Waals surface area contributed by atoms with E-state index in [2.05, 4.69) is 10.4 Å². The number of carbonyl (C=O) groups excluding carboxylic acids is 1. The molecule has 0 aliphatic carbocycles. The summed E-state index contributed by atoms with van der Waals surface area (Å²) in [4.78, 5) is 12.2. The van der Waals surface area contributed by atoms with Crippen LogP contribution in [0, 0.1) is 0 Å². The first-order valence-electron chi connectivity index (χ1n) is 9.57. The van der Waals surface area contributed by atoms with E-state index < -0.39 is 18.2 Å². The van der Waals surface area contributed by atoms with Crippen molar-refractivity contribution in [1.82, 2.24) is 9.78 Å². The number of benzene rings is 1. The number of aromatic nitrogens is 2. The van der Waals surface area contributed by atoms with Crippen molar-refractivity contribution in [3.63, 3.8) is 0 Å². The molecular formula is C20H25ClF3N3O3. The van der Waals surface area contributed by atoms with Crippen LogP contribution >= 0.6 is 11.6 Å². The van der Waals surface area contributed by atoms with Crippen molar-refractivity contribution in [2.75, 3.05) is 11.9 Å². The molecule has 1 aromatic carbocycles. The molecule has 2 aromatic rings. The van der Waals surface area contributed by atoms with E-state index in [1.165, 1.54) is 16.8 Å². The van der Waals surface area contributed by atoms with E-state index in [1.54, 1.807) is 26.8 Å². The molecule has 30 heavy (non-hydrogen) atoms. The summed E-state index contributed by atoms with van der Waals surface area (Å²) in [5, 5.41) is 6.75. The first-order valence-corrected chi connectivity index (χ1v) is 9.95. The summed E-state index contributed by atoms with van der Waals surface area (Å²) in [5.41, 5.74) is 1.14. The van der Waals surface area contributed by atoms with E-state index in [4.69, 9.17) is 21.1 Å². The molecule has 0 saturated carbocycles. The molecule has 10 heteroatoms. The number of anilines is 1. The van der Waals surface area contributed by atoms with E-state index in [9.17, 15) is 18.0 Å². The Bertz CT molecular complexity index is 897. The first-order chi connectivity index (χ1) is 14.0. The average Bonchev–Trinajstić information content (AvgIpc) is 2.97. The highest BCUT2D eigenvalue weighted by Gasteiger charge is 2.36. The van der Waals surface area contributed by atoms with Crippen molar-refractivity contribution in [3.05, 3.63) is 28.9 Å². The van der Waals surface area contributed by atoms with Gasteiger partial charge in [0.25, 0.3) is 0 Å². The van der Waals surface area contributed by atoms with Gasteiger partial charge in [-0.15, -0.1) is 0 Å². The summed E-state index contributed by atoms with van der Waals surface area (Å²) in [6.07, 6.45) is -4.64. The Kier molecular flexibility index (Phi) is 7.63. The van der Waals surface area contributed by atoms with Crippen LogP contribution in [0.3, 0.4) is 0 Å². The fraction of sp³-hybridized carbons (Fsp3) is 0.500. The van der Waals surface area contributed by atoms with Gasteiger partial charge < -0.3 is 14.8 Å². The van der Waals surface area contributed by atoms with Gasteiger partial charge in [0.2, 0.25) is 0 Å². The number of hydrogen-bond acceptors (Lipinski definition) is 5. The van der Waals surface area contributed by atoms with Crippen LogP contribution < -0.4 is 10.1 Å². The zero-order valence-electron chi connectivity index (χ0n) is 17.4. The summed E-state index contributed by atoms with van der Waals surface area (Å²) in [6, 6.07) is 2.83. The van der Waals surface area contributed by atoms with Crippen LogP contribution in [-0.2, 0) is 11.3 Å². The minimum Gasteiger partial charge on any atom is -0.490 e. The van der Waals surface area contributed by atoms with Gasteiger partial charge in [-0.3, -0.25) is 4.68 Å². The monoisotopic (exact) mass is 447 g/mol. The molecule has 1 atom stereocenters. The smallest absolute Gasteiger partial charge is 0.408 e. The fourth-order valence-electron chi connectivity index (χ4n) is 2.75. The number of hydrogen-bond donors (Lipinski definition) is 1. The maximum atomic E-state index is 12.9. The highest BCUT2D eigenvalue weighted by Crippen LogP contribution is 2.39. The van der Waals surface area contributed by atoms with Gasteiger partial charge in [0.15, 0.2) is 5.69 Å². The van der Waals surface area contributed by atoms with Crippen LogP contribution in [0.2, 0.25) is 5.02 Å². The standard InChI is InChI=1S/C20H25ClF3N3O3/c1-6-27-18(16(21)17(26-27)19(28)29-7-2)14-9-8-13(10-15(14)30-11(3)4)25-12(5)20(22,23)24/h8-12,25H,6-7H2,1-5H3/t12-/m1/s1. The third-order valence-corrected chi connectivity index (χ3v) is 4.49. The van der Waals surface area contributed by atoms with Crippen molar-refractivity contribution >= 4 is 23.3 Å². The Labute approximate surface area is 178 Å². The number of esters is 1. The van der Waals surface area contributed by atoms with Crippen molar-refractivity contribution in [2.24, 2.45) is 0 Å². The highest BCUT2D eigenvalue weighted by atomic mass is 35.5. The number of ether oxygens (including phenoxy) is 2. The Morgan fingerprint density at radius 1 is 1.27 bits per heavy atom. The van der Waals surface area contributed by atoms with Crippen LogP contribution in [0.4, 0.5) is 18.9 Å². The number of carbonyl (C=O) groups is 1. The number of nitrogens with one attached hydrogen (secondary N) is 1. The molecule has 1 N–H and O–H groups in total. The molecule has 2 rings (SSSR count). The molecule has 0 spiro atoms. The van der Waals surface area contributed by atoms with E-state index in [0.29, 0.717) is 23.6 Å². The number of aryl methyl sites for hydroxylation is 1. The number of rotatable bonds is 8. The zero-order chi connectivity index (χ0) is 22.6. The largest absolute Gasteiger partial charge is 0.490 e. The lowest BCUT2D eigenvalue weighted by molar-refractivity contribution is -0.138. The summed E-state index contributed by atoms with van der Waals surface area (Å²) in [7, 11) is 0. The summed E-state index contributed by atoms with van der Waals surface area (Å²) in [5.74, 6) is -0.337. The molecule has 166 valence electrons. The molecule has 1 aromatic heterocycles. The van der Waals surface area contributed by atoms with Gasteiger partial charge >= 0.3 is 12.1 Å². The van der Waals surface area contributed by atoms with Gasteiger partial charge in [-0.05, 0) is 46.8 Å². The second-order valence-electron chi connectivity index (χ2n) is 6.83. The first kappa shape index (κ1) is 23.9. The molecule has 0 aliphatic heterocycles. The van der Waals surface area contributed by atoms with Crippen LogP contribution in [-0.4, -0.2) is 40.7 Å². The van der Waals surface area contributed by atoms with Crippen molar-refractivity contribution < 1.29 is 27.4 Å².